The van der Waals surface area contributed by atoms with Gasteiger partial charge in [0, 0.05) is 56.5 Å². The van der Waals surface area contributed by atoms with Crippen molar-refractivity contribution < 1.29 is 9.53 Å². The average Bonchev–Trinajstić information content (AvgIpc) is 2.62. The third kappa shape index (κ3) is 3.00. The standard InChI is InChI=1S/C16H18N4O2/c1-22-15-3-2-13(12-18-15)16(21)20-10-8-19(9-11-20)14-4-6-17-7-5-14/h2-7,12H,8-11H2,1H3. The fourth-order valence-corrected chi connectivity index (χ4v) is 2.53. The molecule has 3 rings (SSSR count). The van der Waals surface area contributed by atoms with Crippen molar-refractivity contribution in [1.82, 2.24) is 14.9 Å². The van der Waals surface area contributed by atoms with E-state index < -0.39 is 0 Å². The van der Waals surface area contributed by atoms with E-state index >= 15 is 0 Å². The summed E-state index contributed by atoms with van der Waals surface area (Å²) in [7, 11) is 1.56. The van der Waals surface area contributed by atoms with Gasteiger partial charge in [0.05, 0.1) is 12.7 Å². The van der Waals surface area contributed by atoms with Gasteiger partial charge in [0.1, 0.15) is 0 Å². The van der Waals surface area contributed by atoms with Gasteiger partial charge in [-0.25, -0.2) is 4.98 Å². The van der Waals surface area contributed by atoms with Crippen LogP contribution in [0, 0.1) is 0 Å². The van der Waals surface area contributed by atoms with E-state index in [9.17, 15) is 4.79 Å². The zero-order chi connectivity index (χ0) is 15.4. The molecule has 22 heavy (non-hydrogen) atoms. The molecular formula is C16H18N4O2. The van der Waals surface area contributed by atoms with Gasteiger partial charge in [-0.15, -0.1) is 0 Å². The van der Waals surface area contributed by atoms with Gasteiger partial charge >= 0.3 is 0 Å². The molecule has 0 unspecified atom stereocenters. The first-order valence-electron chi connectivity index (χ1n) is 7.22. The predicted octanol–water partition coefficient (Wildman–Crippen LogP) is 1.45. The molecule has 0 aromatic carbocycles. The lowest BCUT2D eigenvalue weighted by Crippen LogP contribution is -2.48. The second-order valence-electron chi connectivity index (χ2n) is 5.07. The number of hydrogen-bond donors (Lipinski definition) is 0. The first-order chi connectivity index (χ1) is 10.8. The lowest BCUT2D eigenvalue weighted by Gasteiger charge is -2.36. The number of amides is 1. The Hall–Kier alpha value is -2.63. The van der Waals surface area contributed by atoms with E-state index in [0.717, 1.165) is 18.8 Å². The molecule has 114 valence electrons. The molecule has 2 aromatic heterocycles. The van der Waals surface area contributed by atoms with Crippen molar-refractivity contribution in [2.45, 2.75) is 0 Å². The molecule has 0 atom stereocenters. The summed E-state index contributed by atoms with van der Waals surface area (Å²) in [6.45, 7) is 3.04. The zero-order valence-electron chi connectivity index (χ0n) is 12.5. The Morgan fingerprint density at radius 1 is 1.09 bits per heavy atom. The maximum atomic E-state index is 12.5. The second-order valence-corrected chi connectivity index (χ2v) is 5.07. The highest BCUT2D eigenvalue weighted by Gasteiger charge is 2.22. The Morgan fingerprint density at radius 2 is 1.82 bits per heavy atom. The highest BCUT2D eigenvalue weighted by atomic mass is 16.5. The van der Waals surface area contributed by atoms with Crippen molar-refractivity contribution in [3.05, 3.63) is 48.4 Å². The van der Waals surface area contributed by atoms with Crippen LogP contribution in [-0.2, 0) is 0 Å². The van der Waals surface area contributed by atoms with Crippen LogP contribution in [0.4, 0.5) is 5.69 Å². The number of anilines is 1. The molecule has 1 aliphatic heterocycles. The molecule has 2 aromatic rings. The van der Waals surface area contributed by atoms with Crippen molar-refractivity contribution in [3.8, 4) is 5.88 Å². The van der Waals surface area contributed by atoms with Crippen molar-refractivity contribution in [2.24, 2.45) is 0 Å². The van der Waals surface area contributed by atoms with Crippen molar-refractivity contribution in [1.29, 1.82) is 0 Å². The third-order valence-corrected chi connectivity index (χ3v) is 3.79. The number of methoxy groups -OCH3 is 1. The van der Waals surface area contributed by atoms with Crippen molar-refractivity contribution in [2.75, 3.05) is 38.2 Å². The Morgan fingerprint density at radius 3 is 2.41 bits per heavy atom. The topological polar surface area (TPSA) is 58.6 Å². The number of piperazine rings is 1. The first kappa shape index (κ1) is 14.3. The van der Waals surface area contributed by atoms with Gasteiger partial charge in [0.15, 0.2) is 0 Å². The van der Waals surface area contributed by atoms with Crippen LogP contribution in [0.25, 0.3) is 0 Å². The summed E-state index contributed by atoms with van der Waals surface area (Å²) in [5.74, 6) is 0.531. The molecule has 0 saturated carbocycles. The number of nitrogens with zero attached hydrogens (tertiary/aromatic N) is 4. The van der Waals surface area contributed by atoms with Gasteiger partial charge in [0.25, 0.3) is 5.91 Å². The van der Waals surface area contributed by atoms with E-state index in [0.29, 0.717) is 24.5 Å². The van der Waals surface area contributed by atoms with E-state index in [1.54, 1.807) is 37.8 Å². The smallest absolute Gasteiger partial charge is 0.255 e. The first-order valence-corrected chi connectivity index (χ1v) is 7.22. The van der Waals surface area contributed by atoms with Crippen LogP contribution in [0.3, 0.4) is 0 Å². The number of rotatable bonds is 3. The second kappa shape index (κ2) is 6.43. The molecule has 0 aliphatic carbocycles. The fourth-order valence-electron chi connectivity index (χ4n) is 2.53. The van der Waals surface area contributed by atoms with E-state index in [-0.39, 0.29) is 5.91 Å². The molecule has 0 radical (unpaired) electrons. The summed E-state index contributed by atoms with van der Waals surface area (Å²) in [5, 5.41) is 0. The molecule has 0 spiro atoms. The maximum absolute atomic E-state index is 12.5. The molecule has 1 aliphatic rings. The number of carbonyl (C=O) groups is 1. The molecule has 6 nitrogen and oxygen atoms in total. The fraction of sp³-hybridized carbons (Fsp3) is 0.312. The Labute approximate surface area is 129 Å². The van der Waals surface area contributed by atoms with Gasteiger partial charge in [-0.2, -0.15) is 0 Å². The van der Waals surface area contributed by atoms with Crippen LogP contribution >= 0.6 is 0 Å². The van der Waals surface area contributed by atoms with Gasteiger partial charge in [-0.3, -0.25) is 9.78 Å². The minimum Gasteiger partial charge on any atom is -0.481 e. The minimum atomic E-state index is 0.0181. The van der Waals surface area contributed by atoms with Crippen LogP contribution in [0.15, 0.2) is 42.9 Å². The predicted molar refractivity (Wildman–Crippen MR) is 83.1 cm³/mol. The highest BCUT2D eigenvalue weighted by molar-refractivity contribution is 5.94. The summed E-state index contributed by atoms with van der Waals surface area (Å²) < 4.78 is 5.01. The molecule has 1 fully saturated rings. The van der Waals surface area contributed by atoms with Crippen LogP contribution in [0.5, 0.6) is 5.88 Å². The maximum Gasteiger partial charge on any atom is 0.255 e. The van der Waals surface area contributed by atoms with Crippen LogP contribution < -0.4 is 9.64 Å². The summed E-state index contributed by atoms with van der Waals surface area (Å²) in [6, 6.07) is 7.44. The number of ether oxygens (including phenoxy) is 1. The molecule has 3 heterocycles. The monoisotopic (exact) mass is 298 g/mol. The lowest BCUT2D eigenvalue weighted by molar-refractivity contribution is 0.0746. The summed E-state index contributed by atoms with van der Waals surface area (Å²) in [5.41, 5.74) is 1.74. The normalized spacial score (nSPS) is 14.8. The van der Waals surface area contributed by atoms with Crippen LogP contribution in [0.1, 0.15) is 10.4 Å². The lowest BCUT2D eigenvalue weighted by atomic mass is 10.2. The van der Waals surface area contributed by atoms with Gasteiger partial charge in [-0.1, -0.05) is 0 Å². The van der Waals surface area contributed by atoms with Gasteiger partial charge < -0.3 is 14.5 Å². The van der Waals surface area contributed by atoms with E-state index in [2.05, 4.69) is 14.9 Å². The molecule has 1 amide bonds. The number of pyridine rings is 2. The van der Waals surface area contributed by atoms with Crippen LogP contribution in [-0.4, -0.2) is 54.1 Å². The summed E-state index contributed by atoms with van der Waals surface area (Å²) in [6.07, 6.45) is 5.14. The summed E-state index contributed by atoms with van der Waals surface area (Å²) >= 11 is 0. The third-order valence-electron chi connectivity index (χ3n) is 3.79. The quantitative estimate of drug-likeness (QED) is 0.858. The SMILES string of the molecule is COc1ccc(C(=O)N2CCN(c3ccncc3)CC2)cn1. The zero-order valence-corrected chi connectivity index (χ0v) is 12.5. The minimum absolute atomic E-state index is 0.0181. The molecular weight excluding hydrogens is 280 g/mol. The van der Waals surface area contributed by atoms with E-state index in [4.69, 9.17) is 4.74 Å². The van der Waals surface area contributed by atoms with Crippen molar-refractivity contribution in [3.63, 3.8) is 0 Å². The Kier molecular flexibility index (Phi) is 4.18. The van der Waals surface area contributed by atoms with Gasteiger partial charge in [0.2, 0.25) is 5.88 Å². The van der Waals surface area contributed by atoms with Crippen LogP contribution in [0.2, 0.25) is 0 Å². The molecule has 1 saturated heterocycles. The Balaban J connectivity index is 1.62. The summed E-state index contributed by atoms with van der Waals surface area (Å²) in [4.78, 5) is 24.7. The number of carbonyl (C=O) groups excluding carboxylic acids is 1. The van der Waals surface area contributed by atoms with Gasteiger partial charge in [-0.05, 0) is 18.2 Å². The number of hydrogen-bond acceptors (Lipinski definition) is 5. The molecule has 6 heteroatoms. The highest BCUT2D eigenvalue weighted by Crippen LogP contribution is 2.16. The molecule has 0 N–H and O–H groups in total. The average molecular weight is 298 g/mol. The van der Waals surface area contributed by atoms with E-state index in [1.165, 1.54) is 0 Å². The van der Waals surface area contributed by atoms with E-state index in [1.807, 2.05) is 17.0 Å². The number of aromatic nitrogens is 2. The largest absolute Gasteiger partial charge is 0.481 e. The molecule has 0 bridgehead atoms. The van der Waals surface area contributed by atoms with Crippen molar-refractivity contribution >= 4 is 11.6 Å². The Bertz CT molecular complexity index is 622.